The molecule has 1 rings (SSSR count). The zero-order valence-corrected chi connectivity index (χ0v) is 9.65. The van der Waals surface area contributed by atoms with Crippen molar-refractivity contribution in [3.63, 3.8) is 0 Å². The number of hydrogen-bond acceptors (Lipinski definition) is 2. The highest BCUT2D eigenvalue weighted by Gasteiger charge is 2.10. The van der Waals surface area contributed by atoms with E-state index in [2.05, 4.69) is 17.6 Å². The molecule has 0 aromatic carbocycles. The van der Waals surface area contributed by atoms with Gasteiger partial charge < -0.3 is 10.6 Å². The van der Waals surface area contributed by atoms with Crippen LogP contribution in [-0.4, -0.2) is 25.7 Å². The molecule has 0 radical (unpaired) electrons. The van der Waals surface area contributed by atoms with Gasteiger partial charge in [0.05, 0.1) is 0 Å². The van der Waals surface area contributed by atoms with Crippen LogP contribution in [0.1, 0.15) is 51.9 Å². The number of rotatable bonds is 7. The minimum Gasteiger partial charge on any atom is -0.317 e. The lowest BCUT2D eigenvalue weighted by Crippen LogP contribution is -2.36. The van der Waals surface area contributed by atoms with Crippen LogP contribution in [0.25, 0.3) is 0 Å². The van der Waals surface area contributed by atoms with Crippen LogP contribution in [0, 0.1) is 0 Å². The summed E-state index contributed by atoms with van der Waals surface area (Å²) in [6, 6.07) is 0.794. The van der Waals surface area contributed by atoms with Crippen molar-refractivity contribution >= 4 is 0 Å². The summed E-state index contributed by atoms with van der Waals surface area (Å²) < 4.78 is 0. The molecule has 0 saturated carbocycles. The summed E-state index contributed by atoms with van der Waals surface area (Å²) in [5.74, 6) is 0. The van der Waals surface area contributed by atoms with E-state index in [9.17, 15) is 0 Å². The van der Waals surface area contributed by atoms with Gasteiger partial charge in [0.25, 0.3) is 0 Å². The molecule has 2 nitrogen and oxygen atoms in total. The maximum Gasteiger partial charge on any atom is 0.00791 e. The summed E-state index contributed by atoms with van der Waals surface area (Å²) >= 11 is 0. The normalized spacial score (nSPS) is 22.5. The average Bonchev–Trinajstić information content (AvgIpc) is 2.25. The SMILES string of the molecule is CCCCCNCCC1CCCCN1. The van der Waals surface area contributed by atoms with E-state index in [0.717, 1.165) is 6.04 Å². The average molecular weight is 198 g/mol. The van der Waals surface area contributed by atoms with E-state index in [1.54, 1.807) is 0 Å². The van der Waals surface area contributed by atoms with Gasteiger partial charge in [0.15, 0.2) is 0 Å². The second-order valence-corrected chi connectivity index (χ2v) is 4.39. The first-order valence-corrected chi connectivity index (χ1v) is 6.37. The smallest absolute Gasteiger partial charge is 0.00791 e. The molecule has 0 aliphatic carbocycles. The molecule has 84 valence electrons. The van der Waals surface area contributed by atoms with Crippen LogP contribution in [0.2, 0.25) is 0 Å². The van der Waals surface area contributed by atoms with Crippen molar-refractivity contribution in [1.82, 2.24) is 10.6 Å². The molecule has 1 saturated heterocycles. The Morgan fingerprint density at radius 2 is 2.14 bits per heavy atom. The summed E-state index contributed by atoms with van der Waals surface area (Å²) in [5, 5.41) is 7.11. The molecular weight excluding hydrogens is 172 g/mol. The van der Waals surface area contributed by atoms with E-state index >= 15 is 0 Å². The monoisotopic (exact) mass is 198 g/mol. The third kappa shape index (κ3) is 5.61. The van der Waals surface area contributed by atoms with Gasteiger partial charge in [0.1, 0.15) is 0 Å². The summed E-state index contributed by atoms with van der Waals surface area (Å²) in [6.45, 7) is 5.90. The minimum absolute atomic E-state index is 0.794. The number of hydrogen-bond donors (Lipinski definition) is 2. The van der Waals surface area contributed by atoms with E-state index in [4.69, 9.17) is 0 Å². The molecule has 1 aliphatic heterocycles. The molecule has 1 unspecified atom stereocenters. The van der Waals surface area contributed by atoms with Gasteiger partial charge in [-0.2, -0.15) is 0 Å². The van der Waals surface area contributed by atoms with Crippen molar-refractivity contribution in [2.45, 2.75) is 57.9 Å². The van der Waals surface area contributed by atoms with Gasteiger partial charge in [-0.05, 0) is 45.3 Å². The van der Waals surface area contributed by atoms with Crippen molar-refractivity contribution in [3.05, 3.63) is 0 Å². The Balaban J connectivity index is 1.82. The van der Waals surface area contributed by atoms with E-state index in [1.165, 1.54) is 64.6 Å². The maximum absolute atomic E-state index is 3.58. The summed E-state index contributed by atoms with van der Waals surface area (Å²) in [4.78, 5) is 0. The number of nitrogens with one attached hydrogen (secondary N) is 2. The second kappa shape index (κ2) is 8.25. The lowest BCUT2D eigenvalue weighted by atomic mass is 10.0. The third-order valence-corrected chi connectivity index (χ3v) is 3.04. The molecule has 0 bridgehead atoms. The highest BCUT2D eigenvalue weighted by molar-refractivity contribution is 4.72. The first-order chi connectivity index (χ1) is 6.93. The second-order valence-electron chi connectivity index (χ2n) is 4.39. The molecule has 1 heterocycles. The predicted octanol–water partition coefficient (Wildman–Crippen LogP) is 2.30. The third-order valence-electron chi connectivity index (χ3n) is 3.04. The van der Waals surface area contributed by atoms with Gasteiger partial charge in [-0.1, -0.05) is 26.2 Å². The number of unbranched alkanes of at least 4 members (excludes halogenated alkanes) is 2. The van der Waals surface area contributed by atoms with Crippen LogP contribution in [0.3, 0.4) is 0 Å². The van der Waals surface area contributed by atoms with E-state index in [1.807, 2.05) is 0 Å². The maximum atomic E-state index is 3.58. The molecular formula is C12H26N2. The lowest BCUT2D eigenvalue weighted by Gasteiger charge is -2.23. The van der Waals surface area contributed by atoms with Crippen molar-refractivity contribution in [3.8, 4) is 0 Å². The van der Waals surface area contributed by atoms with Crippen molar-refractivity contribution < 1.29 is 0 Å². The summed E-state index contributed by atoms with van der Waals surface area (Å²) in [5.41, 5.74) is 0. The highest BCUT2D eigenvalue weighted by Crippen LogP contribution is 2.08. The van der Waals surface area contributed by atoms with E-state index in [0.29, 0.717) is 0 Å². The molecule has 14 heavy (non-hydrogen) atoms. The standard InChI is InChI=1S/C12H26N2/c1-2-3-5-9-13-11-8-12-7-4-6-10-14-12/h12-14H,2-11H2,1H3. The van der Waals surface area contributed by atoms with E-state index in [-0.39, 0.29) is 0 Å². The zero-order chi connectivity index (χ0) is 10.1. The fraction of sp³-hybridized carbons (Fsp3) is 1.00. The molecule has 1 atom stereocenters. The van der Waals surface area contributed by atoms with Gasteiger partial charge in [-0.15, -0.1) is 0 Å². The molecule has 2 heteroatoms. The van der Waals surface area contributed by atoms with Crippen LogP contribution in [0.4, 0.5) is 0 Å². The Labute approximate surface area is 88.8 Å². The van der Waals surface area contributed by atoms with Crippen LogP contribution >= 0.6 is 0 Å². The van der Waals surface area contributed by atoms with Crippen LogP contribution in [0.15, 0.2) is 0 Å². The van der Waals surface area contributed by atoms with Crippen LogP contribution < -0.4 is 10.6 Å². The quantitative estimate of drug-likeness (QED) is 0.613. The van der Waals surface area contributed by atoms with Crippen molar-refractivity contribution in [2.24, 2.45) is 0 Å². The Bertz CT molecular complexity index is 119. The first kappa shape index (κ1) is 12.0. The zero-order valence-electron chi connectivity index (χ0n) is 9.65. The molecule has 2 N–H and O–H groups in total. The lowest BCUT2D eigenvalue weighted by molar-refractivity contribution is 0.376. The Hall–Kier alpha value is -0.0800. The highest BCUT2D eigenvalue weighted by atomic mass is 14.9. The fourth-order valence-electron chi connectivity index (χ4n) is 2.07. The Morgan fingerprint density at radius 1 is 1.21 bits per heavy atom. The Morgan fingerprint density at radius 3 is 2.86 bits per heavy atom. The topological polar surface area (TPSA) is 24.1 Å². The molecule has 0 spiro atoms. The van der Waals surface area contributed by atoms with E-state index < -0.39 is 0 Å². The largest absolute Gasteiger partial charge is 0.317 e. The molecule has 1 fully saturated rings. The summed E-state index contributed by atoms with van der Waals surface area (Å²) in [6.07, 6.45) is 9.53. The van der Waals surface area contributed by atoms with Gasteiger partial charge >= 0.3 is 0 Å². The fourth-order valence-corrected chi connectivity index (χ4v) is 2.07. The van der Waals surface area contributed by atoms with Gasteiger partial charge in [0.2, 0.25) is 0 Å². The molecule has 0 aromatic rings. The van der Waals surface area contributed by atoms with Gasteiger partial charge in [-0.25, -0.2) is 0 Å². The van der Waals surface area contributed by atoms with Gasteiger partial charge in [-0.3, -0.25) is 0 Å². The van der Waals surface area contributed by atoms with Crippen molar-refractivity contribution in [2.75, 3.05) is 19.6 Å². The van der Waals surface area contributed by atoms with Crippen LogP contribution in [-0.2, 0) is 0 Å². The predicted molar refractivity (Wildman–Crippen MR) is 62.7 cm³/mol. The number of piperidine rings is 1. The first-order valence-electron chi connectivity index (χ1n) is 6.37. The van der Waals surface area contributed by atoms with Crippen molar-refractivity contribution in [1.29, 1.82) is 0 Å². The Kier molecular flexibility index (Phi) is 7.06. The molecule has 1 aliphatic rings. The molecule has 0 amide bonds. The van der Waals surface area contributed by atoms with Crippen LogP contribution in [0.5, 0.6) is 0 Å². The molecule has 0 aromatic heterocycles. The minimum atomic E-state index is 0.794. The summed E-state index contributed by atoms with van der Waals surface area (Å²) in [7, 11) is 0. The van der Waals surface area contributed by atoms with Gasteiger partial charge in [0, 0.05) is 6.04 Å².